The highest BCUT2D eigenvalue weighted by Crippen LogP contribution is 2.24. The van der Waals surface area contributed by atoms with Crippen molar-refractivity contribution in [2.24, 2.45) is 16.8 Å². The SMILES string of the molecule is CN=C(NCCC(C)c1ccccc1)N1CC(C)C(C(=O)OC)C1. The van der Waals surface area contributed by atoms with Crippen molar-refractivity contribution in [3.63, 3.8) is 0 Å². The molecular formula is C19H29N3O2. The van der Waals surface area contributed by atoms with E-state index in [0.29, 0.717) is 12.5 Å². The molecule has 2 rings (SSSR count). The molecule has 132 valence electrons. The quantitative estimate of drug-likeness (QED) is 0.512. The van der Waals surface area contributed by atoms with Crippen LogP contribution in [-0.2, 0) is 9.53 Å². The van der Waals surface area contributed by atoms with Gasteiger partial charge in [0, 0.05) is 26.7 Å². The van der Waals surface area contributed by atoms with Gasteiger partial charge < -0.3 is 15.0 Å². The van der Waals surface area contributed by atoms with Gasteiger partial charge >= 0.3 is 5.97 Å². The Bertz CT molecular complexity index is 559. The molecule has 1 fully saturated rings. The average Bonchev–Trinajstić information content (AvgIpc) is 3.00. The number of esters is 1. The summed E-state index contributed by atoms with van der Waals surface area (Å²) in [5, 5.41) is 3.43. The van der Waals surface area contributed by atoms with Crippen LogP contribution in [0.15, 0.2) is 35.3 Å². The Morgan fingerprint density at radius 2 is 2.08 bits per heavy atom. The van der Waals surface area contributed by atoms with E-state index < -0.39 is 0 Å². The summed E-state index contributed by atoms with van der Waals surface area (Å²) in [6, 6.07) is 10.5. The number of hydrogen-bond acceptors (Lipinski definition) is 3. The van der Waals surface area contributed by atoms with Gasteiger partial charge in [-0.05, 0) is 23.8 Å². The number of aliphatic imine (C=N–C) groups is 1. The zero-order valence-corrected chi connectivity index (χ0v) is 15.2. The number of nitrogens with one attached hydrogen (secondary N) is 1. The molecule has 24 heavy (non-hydrogen) atoms. The summed E-state index contributed by atoms with van der Waals surface area (Å²) in [6.07, 6.45) is 1.03. The largest absolute Gasteiger partial charge is 0.469 e. The van der Waals surface area contributed by atoms with E-state index in [4.69, 9.17) is 4.74 Å². The van der Waals surface area contributed by atoms with Crippen LogP contribution < -0.4 is 5.32 Å². The zero-order chi connectivity index (χ0) is 17.5. The minimum atomic E-state index is -0.127. The third-order valence-corrected chi connectivity index (χ3v) is 4.86. The first kappa shape index (κ1) is 18.3. The molecular weight excluding hydrogens is 302 g/mol. The second-order valence-corrected chi connectivity index (χ2v) is 6.59. The van der Waals surface area contributed by atoms with E-state index in [0.717, 1.165) is 25.5 Å². The number of carbonyl (C=O) groups excluding carboxylic acids is 1. The highest BCUT2D eigenvalue weighted by atomic mass is 16.5. The Morgan fingerprint density at radius 1 is 1.38 bits per heavy atom. The highest BCUT2D eigenvalue weighted by molar-refractivity contribution is 5.82. The Morgan fingerprint density at radius 3 is 2.71 bits per heavy atom. The van der Waals surface area contributed by atoms with Crippen molar-refractivity contribution in [2.45, 2.75) is 26.2 Å². The van der Waals surface area contributed by atoms with Crippen molar-refractivity contribution < 1.29 is 9.53 Å². The molecule has 3 atom stereocenters. The fourth-order valence-corrected chi connectivity index (χ4v) is 3.28. The van der Waals surface area contributed by atoms with Gasteiger partial charge in [-0.3, -0.25) is 9.79 Å². The van der Waals surface area contributed by atoms with Crippen LogP contribution in [0.1, 0.15) is 31.7 Å². The summed E-state index contributed by atoms with van der Waals surface area (Å²) < 4.78 is 4.90. The van der Waals surface area contributed by atoms with Gasteiger partial charge in [-0.25, -0.2) is 0 Å². The first-order valence-electron chi connectivity index (χ1n) is 8.65. The van der Waals surface area contributed by atoms with E-state index in [2.05, 4.69) is 53.3 Å². The molecule has 1 aromatic rings. The molecule has 5 nitrogen and oxygen atoms in total. The summed E-state index contributed by atoms with van der Waals surface area (Å²) in [5.74, 6) is 1.44. The predicted molar refractivity (Wildman–Crippen MR) is 97.1 cm³/mol. The maximum Gasteiger partial charge on any atom is 0.310 e. The monoisotopic (exact) mass is 331 g/mol. The average molecular weight is 331 g/mol. The van der Waals surface area contributed by atoms with Crippen molar-refractivity contribution in [1.29, 1.82) is 0 Å². The maximum absolute atomic E-state index is 11.8. The second-order valence-electron chi connectivity index (χ2n) is 6.59. The van der Waals surface area contributed by atoms with E-state index in [1.165, 1.54) is 12.7 Å². The van der Waals surface area contributed by atoms with Crippen LogP contribution in [0, 0.1) is 11.8 Å². The molecule has 1 aromatic carbocycles. The lowest BCUT2D eigenvalue weighted by Gasteiger charge is -2.22. The van der Waals surface area contributed by atoms with Gasteiger partial charge in [0.15, 0.2) is 5.96 Å². The van der Waals surface area contributed by atoms with E-state index >= 15 is 0 Å². The number of guanidine groups is 1. The maximum atomic E-state index is 11.8. The molecule has 1 heterocycles. The third kappa shape index (κ3) is 4.49. The topological polar surface area (TPSA) is 53.9 Å². The van der Waals surface area contributed by atoms with Gasteiger partial charge in [-0.2, -0.15) is 0 Å². The first-order valence-corrected chi connectivity index (χ1v) is 8.65. The van der Waals surface area contributed by atoms with Crippen LogP contribution in [0.5, 0.6) is 0 Å². The van der Waals surface area contributed by atoms with Crippen molar-refractivity contribution >= 4 is 11.9 Å². The molecule has 1 N–H and O–H groups in total. The Balaban J connectivity index is 1.84. The van der Waals surface area contributed by atoms with Crippen LogP contribution in [0.2, 0.25) is 0 Å². The molecule has 3 unspecified atom stereocenters. The van der Waals surface area contributed by atoms with Crippen molar-refractivity contribution in [3.05, 3.63) is 35.9 Å². The Labute approximate surface area is 145 Å². The van der Waals surface area contributed by atoms with Gasteiger partial charge in [0.1, 0.15) is 0 Å². The van der Waals surface area contributed by atoms with Crippen LogP contribution in [0.4, 0.5) is 0 Å². The number of methoxy groups -OCH3 is 1. The smallest absolute Gasteiger partial charge is 0.310 e. The lowest BCUT2D eigenvalue weighted by atomic mass is 9.98. The van der Waals surface area contributed by atoms with Crippen LogP contribution in [0.3, 0.4) is 0 Å². The van der Waals surface area contributed by atoms with Gasteiger partial charge in [-0.15, -0.1) is 0 Å². The predicted octanol–water partition coefficient (Wildman–Crippen LogP) is 2.50. The van der Waals surface area contributed by atoms with Crippen molar-refractivity contribution in [3.8, 4) is 0 Å². The van der Waals surface area contributed by atoms with Crippen LogP contribution in [-0.4, -0.2) is 50.6 Å². The fraction of sp³-hybridized carbons (Fsp3) is 0.579. The lowest BCUT2D eigenvalue weighted by Crippen LogP contribution is -2.41. The van der Waals surface area contributed by atoms with E-state index in [9.17, 15) is 4.79 Å². The lowest BCUT2D eigenvalue weighted by molar-refractivity contribution is -0.145. The molecule has 0 saturated carbocycles. The number of carbonyl (C=O) groups is 1. The normalized spacial score (nSPS) is 22.3. The van der Waals surface area contributed by atoms with Crippen molar-refractivity contribution in [1.82, 2.24) is 10.2 Å². The Kier molecular flexibility index (Phi) is 6.64. The summed E-state index contributed by atoms with van der Waals surface area (Å²) in [6.45, 7) is 6.68. The van der Waals surface area contributed by atoms with Gasteiger partial charge in [-0.1, -0.05) is 44.2 Å². The molecule has 0 bridgehead atoms. The van der Waals surface area contributed by atoms with Gasteiger partial charge in [0.25, 0.3) is 0 Å². The molecule has 1 saturated heterocycles. The number of rotatable bonds is 5. The molecule has 0 radical (unpaired) electrons. The van der Waals surface area contributed by atoms with E-state index in [1.54, 1.807) is 7.05 Å². The number of benzene rings is 1. The summed E-state index contributed by atoms with van der Waals surface area (Å²) in [5.41, 5.74) is 1.36. The highest BCUT2D eigenvalue weighted by Gasteiger charge is 2.36. The number of ether oxygens (including phenoxy) is 1. The zero-order valence-electron chi connectivity index (χ0n) is 15.2. The fourth-order valence-electron chi connectivity index (χ4n) is 3.28. The molecule has 5 heteroatoms. The standard InChI is InChI=1S/C19H29N3O2/c1-14(16-8-6-5-7-9-16)10-11-21-19(20-3)22-12-15(2)17(13-22)18(23)24-4/h5-9,14-15,17H,10-13H2,1-4H3,(H,20,21). The number of hydrogen-bond donors (Lipinski definition) is 1. The summed E-state index contributed by atoms with van der Waals surface area (Å²) in [7, 11) is 3.24. The van der Waals surface area contributed by atoms with Crippen molar-refractivity contribution in [2.75, 3.05) is 33.8 Å². The molecule has 0 spiro atoms. The summed E-state index contributed by atoms with van der Waals surface area (Å²) in [4.78, 5) is 18.4. The number of likely N-dealkylation sites (tertiary alicyclic amines) is 1. The first-order chi connectivity index (χ1) is 11.6. The minimum Gasteiger partial charge on any atom is -0.469 e. The number of nitrogens with zero attached hydrogens (tertiary/aromatic N) is 2. The van der Waals surface area contributed by atoms with Crippen LogP contribution >= 0.6 is 0 Å². The van der Waals surface area contributed by atoms with Gasteiger partial charge in [0.05, 0.1) is 13.0 Å². The molecule has 1 aliphatic heterocycles. The van der Waals surface area contributed by atoms with E-state index in [1.807, 2.05) is 6.07 Å². The molecule has 1 aliphatic rings. The minimum absolute atomic E-state index is 0.0724. The third-order valence-electron chi connectivity index (χ3n) is 4.86. The summed E-state index contributed by atoms with van der Waals surface area (Å²) >= 11 is 0. The van der Waals surface area contributed by atoms with E-state index in [-0.39, 0.29) is 17.8 Å². The molecule has 0 aromatic heterocycles. The molecule has 0 aliphatic carbocycles. The van der Waals surface area contributed by atoms with Crippen LogP contribution in [0.25, 0.3) is 0 Å². The Hall–Kier alpha value is -2.04. The second kappa shape index (κ2) is 8.71. The van der Waals surface area contributed by atoms with Gasteiger partial charge in [0.2, 0.25) is 0 Å². The molecule has 0 amide bonds.